The molecule has 0 atom stereocenters. The Kier molecular flexibility index (Phi) is 4.45. The summed E-state index contributed by atoms with van der Waals surface area (Å²) in [5.41, 5.74) is 0.323. The van der Waals surface area contributed by atoms with E-state index in [9.17, 15) is 4.79 Å². The molecular formula is C12H11BrN4OS. The van der Waals surface area contributed by atoms with Crippen molar-refractivity contribution in [2.24, 2.45) is 0 Å². The van der Waals surface area contributed by atoms with Crippen LogP contribution in [-0.2, 0) is 6.54 Å². The maximum absolute atomic E-state index is 11.6. The van der Waals surface area contributed by atoms with E-state index in [1.165, 1.54) is 11.8 Å². The fourth-order valence-corrected chi connectivity index (χ4v) is 3.16. The number of hydrogen-bond acceptors (Lipinski definition) is 4. The van der Waals surface area contributed by atoms with Gasteiger partial charge in [0.2, 0.25) is 0 Å². The normalized spacial score (nSPS) is 10.4. The molecule has 0 saturated carbocycles. The van der Waals surface area contributed by atoms with Crippen LogP contribution >= 0.6 is 27.7 Å². The van der Waals surface area contributed by atoms with Crippen LogP contribution in [0.4, 0.5) is 0 Å². The van der Waals surface area contributed by atoms with Gasteiger partial charge in [-0.05, 0) is 46.2 Å². The summed E-state index contributed by atoms with van der Waals surface area (Å²) in [6.07, 6.45) is 0.844. The summed E-state index contributed by atoms with van der Waals surface area (Å²) in [5, 5.41) is 16.2. The monoisotopic (exact) mass is 338 g/mol. The van der Waals surface area contributed by atoms with Crippen LogP contribution in [0.3, 0.4) is 0 Å². The van der Waals surface area contributed by atoms with Gasteiger partial charge in [-0.2, -0.15) is 5.26 Å². The standard InChI is InChI=1S/C12H11BrN4OS/c1-2-6-17-11(18)15-16-12(17)19-10-5-3-4-9(13)8(10)7-14/h3-5H,2,6H2,1H3,(H,15,18). The van der Waals surface area contributed by atoms with E-state index >= 15 is 0 Å². The molecule has 0 aliphatic heterocycles. The van der Waals surface area contributed by atoms with Gasteiger partial charge in [-0.1, -0.05) is 13.0 Å². The first-order valence-electron chi connectivity index (χ1n) is 5.69. The zero-order valence-electron chi connectivity index (χ0n) is 10.2. The Morgan fingerprint density at radius 3 is 3.05 bits per heavy atom. The van der Waals surface area contributed by atoms with Crippen molar-refractivity contribution in [2.75, 3.05) is 0 Å². The van der Waals surface area contributed by atoms with Crippen molar-refractivity contribution in [1.82, 2.24) is 14.8 Å². The van der Waals surface area contributed by atoms with Crippen molar-refractivity contribution in [3.8, 4) is 6.07 Å². The molecule has 0 saturated heterocycles. The van der Waals surface area contributed by atoms with Crippen LogP contribution in [-0.4, -0.2) is 14.8 Å². The van der Waals surface area contributed by atoms with Gasteiger partial charge in [0.15, 0.2) is 5.16 Å². The summed E-state index contributed by atoms with van der Waals surface area (Å²) >= 11 is 4.65. The largest absolute Gasteiger partial charge is 0.343 e. The third-order valence-corrected chi connectivity index (χ3v) is 4.17. The Bertz CT molecular complexity index is 686. The molecule has 1 N–H and O–H groups in total. The van der Waals surface area contributed by atoms with Crippen molar-refractivity contribution in [1.29, 1.82) is 5.26 Å². The molecule has 1 heterocycles. The molecule has 0 bridgehead atoms. The summed E-state index contributed by atoms with van der Waals surface area (Å²) in [6, 6.07) is 7.65. The average molecular weight is 339 g/mol. The number of rotatable bonds is 4. The Labute approximate surface area is 122 Å². The molecule has 5 nitrogen and oxygen atoms in total. The smallest absolute Gasteiger partial charge is 0.270 e. The number of nitrogens with zero attached hydrogens (tertiary/aromatic N) is 3. The fraction of sp³-hybridized carbons (Fsp3) is 0.250. The van der Waals surface area contributed by atoms with E-state index in [-0.39, 0.29) is 5.69 Å². The van der Waals surface area contributed by atoms with E-state index in [4.69, 9.17) is 5.26 Å². The highest BCUT2D eigenvalue weighted by Crippen LogP contribution is 2.31. The summed E-state index contributed by atoms with van der Waals surface area (Å²) in [5.74, 6) is 0. The van der Waals surface area contributed by atoms with Crippen molar-refractivity contribution in [3.05, 3.63) is 38.7 Å². The molecule has 0 aliphatic carbocycles. The van der Waals surface area contributed by atoms with E-state index in [1.807, 2.05) is 25.1 Å². The minimum atomic E-state index is -0.224. The summed E-state index contributed by atoms with van der Waals surface area (Å²) in [7, 11) is 0. The SMILES string of the molecule is CCCn1c(Sc2cccc(Br)c2C#N)n[nH]c1=O. The van der Waals surface area contributed by atoms with Crippen LogP contribution in [0.5, 0.6) is 0 Å². The second-order valence-electron chi connectivity index (χ2n) is 3.79. The first-order valence-corrected chi connectivity index (χ1v) is 7.30. The van der Waals surface area contributed by atoms with Crippen molar-refractivity contribution < 1.29 is 0 Å². The quantitative estimate of drug-likeness (QED) is 0.929. The van der Waals surface area contributed by atoms with E-state index in [0.29, 0.717) is 17.3 Å². The zero-order valence-corrected chi connectivity index (χ0v) is 12.6. The van der Waals surface area contributed by atoms with Crippen LogP contribution in [0.15, 0.2) is 37.5 Å². The van der Waals surface area contributed by atoms with E-state index in [2.05, 4.69) is 32.2 Å². The summed E-state index contributed by atoms with van der Waals surface area (Å²) < 4.78 is 2.31. The zero-order chi connectivity index (χ0) is 13.8. The molecule has 0 spiro atoms. The molecule has 1 aromatic heterocycles. The minimum Gasteiger partial charge on any atom is -0.270 e. The maximum Gasteiger partial charge on any atom is 0.343 e. The molecule has 19 heavy (non-hydrogen) atoms. The summed E-state index contributed by atoms with van der Waals surface area (Å²) in [4.78, 5) is 12.4. The number of nitrogens with one attached hydrogen (secondary N) is 1. The summed E-state index contributed by atoms with van der Waals surface area (Å²) in [6.45, 7) is 2.60. The second kappa shape index (κ2) is 6.08. The van der Waals surface area contributed by atoms with Gasteiger partial charge in [-0.15, -0.1) is 5.10 Å². The molecule has 98 valence electrons. The Hall–Kier alpha value is -1.52. The topological polar surface area (TPSA) is 74.5 Å². The molecule has 1 aromatic carbocycles. The molecule has 0 amide bonds. The van der Waals surface area contributed by atoms with Crippen LogP contribution in [0.25, 0.3) is 0 Å². The molecular weight excluding hydrogens is 328 g/mol. The van der Waals surface area contributed by atoms with Crippen LogP contribution in [0.1, 0.15) is 18.9 Å². The number of aromatic amines is 1. The lowest BCUT2D eigenvalue weighted by Gasteiger charge is -2.06. The van der Waals surface area contributed by atoms with Gasteiger partial charge < -0.3 is 0 Å². The molecule has 2 aromatic rings. The van der Waals surface area contributed by atoms with Crippen molar-refractivity contribution in [3.63, 3.8) is 0 Å². The highest BCUT2D eigenvalue weighted by atomic mass is 79.9. The average Bonchev–Trinajstić information content (AvgIpc) is 2.72. The van der Waals surface area contributed by atoms with Gasteiger partial charge in [0.25, 0.3) is 0 Å². The first kappa shape index (κ1) is 13.9. The first-order chi connectivity index (χ1) is 9.17. The predicted octanol–water partition coefficient (Wildman–Crippen LogP) is 2.77. The molecule has 0 fully saturated rings. The Morgan fingerprint density at radius 2 is 2.37 bits per heavy atom. The fourth-order valence-electron chi connectivity index (χ4n) is 1.60. The van der Waals surface area contributed by atoms with E-state index in [0.717, 1.165) is 15.8 Å². The highest BCUT2D eigenvalue weighted by Gasteiger charge is 2.13. The van der Waals surface area contributed by atoms with Crippen molar-refractivity contribution in [2.45, 2.75) is 29.9 Å². The lowest BCUT2D eigenvalue weighted by molar-refractivity contribution is 0.604. The van der Waals surface area contributed by atoms with Gasteiger partial charge in [0.1, 0.15) is 6.07 Å². The highest BCUT2D eigenvalue weighted by molar-refractivity contribution is 9.10. The minimum absolute atomic E-state index is 0.224. The van der Waals surface area contributed by atoms with Gasteiger partial charge in [-0.3, -0.25) is 4.57 Å². The number of hydrogen-bond donors (Lipinski definition) is 1. The van der Waals surface area contributed by atoms with Crippen LogP contribution in [0.2, 0.25) is 0 Å². The number of H-pyrrole nitrogens is 1. The van der Waals surface area contributed by atoms with E-state index < -0.39 is 0 Å². The molecule has 0 unspecified atom stereocenters. The lowest BCUT2D eigenvalue weighted by atomic mass is 10.2. The van der Waals surface area contributed by atoms with Gasteiger partial charge in [0.05, 0.1) is 5.56 Å². The number of benzene rings is 1. The van der Waals surface area contributed by atoms with E-state index in [1.54, 1.807) is 4.57 Å². The third-order valence-electron chi connectivity index (χ3n) is 2.46. The van der Waals surface area contributed by atoms with Gasteiger partial charge in [-0.25, -0.2) is 9.89 Å². The number of nitriles is 1. The van der Waals surface area contributed by atoms with Crippen LogP contribution < -0.4 is 5.69 Å². The predicted molar refractivity (Wildman–Crippen MR) is 76.1 cm³/mol. The van der Waals surface area contributed by atoms with Gasteiger partial charge in [0, 0.05) is 15.9 Å². The number of aromatic nitrogens is 3. The van der Waals surface area contributed by atoms with Crippen molar-refractivity contribution >= 4 is 27.7 Å². The van der Waals surface area contributed by atoms with Crippen LogP contribution in [0, 0.1) is 11.3 Å². The maximum atomic E-state index is 11.6. The number of halogens is 1. The lowest BCUT2D eigenvalue weighted by Crippen LogP contribution is -2.17. The molecule has 0 radical (unpaired) electrons. The Morgan fingerprint density at radius 1 is 1.58 bits per heavy atom. The molecule has 2 rings (SSSR count). The van der Waals surface area contributed by atoms with Gasteiger partial charge >= 0.3 is 5.69 Å². The second-order valence-corrected chi connectivity index (χ2v) is 5.65. The third kappa shape index (κ3) is 2.91. The molecule has 0 aliphatic rings. The Balaban J connectivity index is 2.40. The molecule has 7 heteroatoms.